The van der Waals surface area contributed by atoms with Crippen LogP contribution in [-0.2, 0) is 6.54 Å². The van der Waals surface area contributed by atoms with E-state index in [0.717, 1.165) is 36.0 Å². The highest BCUT2D eigenvalue weighted by atomic mass is 16.1. The van der Waals surface area contributed by atoms with E-state index in [-0.39, 0.29) is 11.6 Å². The van der Waals surface area contributed by atoms with Crippen molar-refractivity contribution in [1.29, 1.82) is 0 Å². The predicted octanol–water partition coefficient (Wildman–Crippen LogP) is 3.34. The van der Waals surface area contributed by atoms with Gasteiger partial charge in [-0.15, -0.1) is 0 Å². The van der Waals surface area contributed by atoms with Crippen LogP contribution in [0.25, 0.3) is 11.1 Å². The SMILES string of the molecule is CCCC(N)CCn1cc(-c2ccccc2)c(C)cc1=O. The Balaban J connectivity index is 2.25. The first kappa shape index (κ1) is 15.5. The summed E-state index contributed by atoms with van der Waals surface area (Å²) in [5.74, 6) is 0. The van der Waals surface area contributed by atoms with Gasteiger partial charge in [0.15, 0.2) is 0 Å². The smallest absolute Gasteiger partial charge is 0.250 e. The Morgan fingerprint density at radius 3 is 2.57 bits per heavy atom. The largest absolute Gasteiger partial charge is 0.328 e. The summed E-state index contributed by atoms with van der Waals surface area (Å²) in [6.45, 7) is 4.79. The quantitative estimate of drug-likeness (QED) is 0.884. The average molecular weight is 284 g/mol. The number of nitrogens with zero attached hydrogens (tertiary/aromatic N) is 1. The molecule has 1 atom stereocenters. The first-order chi connectivity index (χ1) is 10.1. The number of aryl methyl sites for hydroxylation is 2. The molecule has 112 valence electrons. The van der Waals surface area contributed by atoms with Crippen LogP contribution in [0.4, 0.5) is 0 Å². The molecular weight excluding hydrogens is 260 g/mol. The van der Waals surface area contributed by atoms with Crippen molar-refractivity contribution < 1.29 is 0 Å². The van der Waals surface area contributed by atoms with E-state index in [0.29, 0.717) is 6.54 Å². The van der Waals surface area contributed by atoms with Gasteiger partial charge in [0.2, 0.25) is 0 Å². The number of hydrogen-bond acceptors (Lipinski definition) is 2. The summed E-state index contributed by atoms with van der Waals surface area (Å²) in [6, 6.07) is 12.1. The normalized spacial score (nSPS) is 12.3. The monoisotopic (exact) mass is 284 g/mol. The molecule has 2 aromatic rings. The van der Waals surface area contributed by atoms with Gasteiger partial charge in [0.1, 0.15) is 0 Å². The van der Waals surface area contributed by atoms with Gasteiger partial charge in [-0.25, -0.2) is 0 Å². The van der Waals surface area contributed by atoms with Crippen molar-refractivity contribution in [2.75, 3.05) is 0 Å². The molecule has 2 rings (SSSR count). The van der Waals surface area contributed by atoms with Crippen molar-refractivity contribution >= 4 is 0 Å². The summed E-state index contributed by atoms with van der Waals surface area (Å²) in [7, 11) is 0. The molecule has 3 nitrogen and oxygen atoms in total. The van der Waals surface area contributed by atoms with Crippen molar-refractivity contribution in [2.24, 2.45) is 5.73 Å². The van der Waals surface area contributed by atoms with E-state index in [4.69, 9.17) is 5.73 Å². The van der Waals surface area contributed by atoms with Gasteiger partial charge in [0.05, 0.1) is 0 Å². The van der Waals surface area contributed by atoms with E-state index in [1.54, 1.807) is 10.6 Å². The Kier molecular flexibility index (Phi) is 5.34. The van der Waals surface area contributed by atoms with Gasteiger partial charge >= 0.3 is 0 Å². The molecule has 21 heavy (non-hydrogen) atoms. The van der Waals surface area contributed by atoms with Crippen LogP contribution >= 0.6 is 0 Å². The van der Waals surface area contributed by atoms with Gasteiger partial charge in [0.25, 0.3) is 5.56 Å². The van der Waals surface area contributed by atoms with Crippen LogP contribution in [0, 0.1) is 6.92 Å². The standard InChI is InChI=1S/C18H24N2O/c1-3-7-16(19)10-11-20-13-17(14(2)12-18(20)21)15-8-5-4-6-9-15/h4-6,8-9,12-13,16H,3,7,10-11,19H2,1-2H3. The molecule has 1 aromatic carbocycles. The second-order valence-electron chi connectivity index (χ2n) is 5.61. The third kappa shape index (κ3) is 4.05. The highest BCUT2D eigenvalue weighted by Crippen LogP contribution is 2.21. The summed E-state index contributed by atoms with van der Waals surface area (Å²) >= 11 is 0. The molecule has 0 saturated heterocycles. The highest BCUT2D eigenvalue weighted by Gasteiger charge is 2.07. The van der Waals surface area contributed by atoms with E-state index in [1.807, 2.05) is 31.3 Å². The fraction of sp³-hybridized carbons (Fsp3) is 0.389. The van der Waals surface area contributed by atoms with E-state index >= 15 is 0 Å². The van der Waals surface area contributed by atoms with Crippen molar-refractivity contribution in [1.82, 2.24) is 4.57 Å². The molecule has 1 heterocycles. The Hall–Kier alpha value is -1.87. The van der Waals surface area contributed by atoms with Crippen molar-refractivity contribution in [3.63, 3.8) is 0 Å². The Bertz CT molecular complexity index is 631. The summed E-state index contributed by atoms with van der Waals surface area (Å²) in [5.41, 5.74) is 9.36. The van der Waals surface area contributed by atoms with E-state index < -0.39 is 0 Å². The molecule has 0 bridgehead atoms. The summed E-state index contributed by atoms with van der Waals surface area (Å²) < 4.78 is 1.78. The van der Waals surface area contributed by atoms with Crippen LogP contribution < -0.4 is 11.3 Å². The van der Waals surface area contributed by atoms with Gasteiger partial charge < -0.3 is 10.3 Å². The molecule has 2 N–H and O–H groups in total. The number of aromatic nitrogens is 1. The van der Waals surface area contributed by atoms with E-state index in [1.165, 1.54) is 0 Å². The van der Waals surface area contributed by atoms with Crippen molar-refractivity contribution in [3.05, 3.63) is 58.5 Å². The van der Waals surface area contributed by atoms with Crippen molar-refractivity contribution in [3.8, 4) is 11.1 Å². The lowest BCUT2D eigenvalue weighted by Crippen LogP contribution is -2.26. The Labute approximate surface area is 126 Å². The number of nitrogens with two attached hydrogens (primary N) is 1. The zero-order valence-corrected chi connectivity index (χ0v) is 12.9. The topological polar surface area (TPSA) is 48.0 Å². The molecule has 1 unspecified atom stereocenters. The van der Waals surface area contributed by atoms with Crippen LogP contribution in [0.5, 0.6) is 0 Å². The fourth-order valence-corrected chi connectivity index (χ4v) is 2.58. The van der Waals surface area contributed by atoms with E-state index in [9.17, 15) is 4.79 Å². The molecule has 0 radical (unpaired) electrons. The van der Waals surface area contributed by atoms with Crippen molar-refractivity contribution in [2.45, 2.75) is 45.7 Å². The second kappa shape index (κ2) is 7.23. The Morgan fingerprint density at radius 1 is 1.19 bits per heavy atom. The second-order valence-corrected chi connectivity index (χ2v) is 5.61. The number of hydrogen-bond donors (Lipinski definition) is 1. The zero-order chi connectivity index (χ0) is 15.2. The van der Waals surface area contributed by atoms with Crippen LogP contribution in [-0.4, -0.2) is 10.6 Å². The third-order valence-corrected chi connectivity index (χ3v) is 3.82. The summed E-state index contributed by atoms with van der Waals surface area (Å²) in [6.07, 6.45) is 4.89. The van der Waals surface area contributed by atoms with Gasteiger partial charge in [0, 0.05) is 30.4 Å². The van der Waals surface area contributed by atoms with E-state index in [2.05, 4.69) is 19.1 Å². The minimum atomic E-state index is 0.0517. The molecule has 0 aliphatic heterocycles. The minimum Gasteiger partial charge on any atom is -0.328 e. The molecule has 0 saturated carbocycles. The molecule has 1 aromatic heterocycles. The lowest BCUT2D eigenvalue weighted by Gasteiger charge is -2.14. The highest BCUT2D eigenvalue weighted by molar-refractivity contribution is 5.65. The molecule has 3 heteroatoms. The number of pyridine rings is 1. The van der Waals surface area contributed by atoms with Gasteiger partial charge in [-0.1, -0.05) is 43.7 Å². The minimum absolute atomic E-state index is 0.0517. The molecular formula is C18H24N2O. The molecule has 0 fully saturated rings. The van der Waals surface area contributed by atoms with Gasteiger partial charge in [-0.05, 0) is 30.9 Å². The molecule has 0 aliphatic carbocycles. The molecule has 0 amide bonds. The maximum Gasteiger partial charge on any atom is 0.250 e. The summed E-state index contributed by atoms with van der Waals surface area (Å²) in [5, 5.41) is 0. The predicted molar refractivity (Wildman–Crippen MR) is 88.4 cm³/mol. The van der Waals surface area contributed by atoms with Gasteiger partial charge in [-0.3, -0.25) is 4.79 Å². The fourth-order valence-electron chi connectivity index (χ4n) is 2.58. The van der Waals surface area contributed by atoms with Gasteiger partial charge in [-0.2, -0.15) is 0 Å². The van der Waals surface area contributed by atoms with Crippen LogP contribution in [0.2, 0.25) is 0 Å². The lowest BCUT2D eigenvalue weighted by atomic mass is 10.0. The molecule has 0 aliphatic rings. The van der Waals surface area contributed by atoms with Crippen LogP contribution in [0.1, 0.15) is 31.7 Å². The first-order valence-electron chi connectivity index (χ1n) is 7.64. The maximum atomic E-state index is 12.1. The lowest BCUT2D eigenvalue weighted by molar-refractivity contribution is 0.503. The van der Waals surface area contributed by atoms with Crippen LogP contribution in [0.3, 0.4) is 0 Å². The first-order valence-corrected chi connectivity index (χ1v) is 7.64. The zero-order valence-electron chi connectivity index (χ0n) is 12.9. The number of rotatable bonds is 6. The third-order valence-electron chi connectivity index (χ3n) is 3.82. The Morgan fingerprint density at radius 2 is 1.90 bits per heavy atom. The average Bonchev–Trinajstić information content (AvgIpc) is 2.47. The number of benzene rings is 1. The molecule has 0 spiro atoms. The summed E-state index contributed by atoms with van der Waals surface area (Å²) in [4.78, 5) is 12.1. The van der Waals surface area contributed by atoms with Crippen LogP contribution in [0.15, 0.2) is 47.4 Å². The maximum absolute atomic E-state index is 12.1.